The molecule has 4 heterocycles. The van der Waals surface area contributed by atoms with E-state index >= 15 is 0 Å². The van der Waals surface area contributed by atoms with Gasteiger partial charge in [-0.05, 0) is 37.3 Å². The van der Waals surface area contributed by atoms with E-state index in [9.17, 15) is 24.3 Å². The van der Waals surface area contributed by atoms with Crippen LogP contribution >= 0.6 is 0 Å². The number of fused-ring (bicyclic) bond motifs is 2. The summed E-state index contributed by atoms with van der Waals surface area (Å²) in [5.74, 6) is -3.24. The number of unbranched alkanes of at least 4 members (excludes halogenated alkanes) is 1. The number of hydrogen-bond donors (Lipinski definition) is 1. The molecular weight excluding hydrogens is 598 g/mol. The van der Waals surface area contributed by atoms with Gasteiger partial charge in [-0.2, -0.15) is 0 Å². The summed E-state index contributed by atoms with van der Waals surface area (Å²) in [6.45, 7) is 2.62. The second-order valence-electron chi connectivity index (χ2n) is 12.9. The number of carbonyl (C=O) groups is 4. The predicted octanol–water partition coefficient (Wildman–Crippen LogP) is 3.42. The van der Waals surface area contributed by atoms with Crippen molar-refractivity contribution in [2.75, 3.05) is 26.7 Å². The lowest BCUT2D eigenvalue weighted by Gasteiger charge is -2.36. The van der Waals surface area contributed by atoms with Crippen LogP contribution in [0.4, 0.5) is 0 Å². The van der Waals surface area contributed by atoms with Crippen LogP contribution in [-0.2, 0) is 35.2 Å². The molecule has 10 heteroatoms. The molecule has 2 saturated heterocycles. The fourth-order valence-electron chi connectivity index (χ4n) is 7.48. The number of allylic oxidation sites excluding steroid dienone is 1. The molecule has 7 atom stereocenters. The lowest BCUT2D eigenvalue weighted by atomic mass is 9.74. The van der Waals surface area contributed by atoms with Gasteiger partial charge in [0.25, 0.3) is 0 Å². The first-order chi connectivity index (χ1) is 22.8. The molecule has 2 aromatic carbocycles. The van der Waals surface area contributed by atoms with Crippen molar-refractivity contribution < 1.29 is 33.8 Å². The number of rotatable bonds is 7. The average molecular weight is 642 g/mol. The Kier molecular flexibility index (Phi) is 9.61. The highest BCUT2D eigenvalue weighted by Gasteiger charge is 2.73. The topological polar surface area (TPSA) is 117 Å². The van der Waals surface area contributed by atoms with E-state index in [0.29, 0.717) is 25.8 Å². The Hall–Kier alpha value is -4.28. The number of aliphatic hydroxyl groups is 1. The summed E-state index contributed by atoms with van der Waals surface area (Å²) in [5, 5.41) is 9.51. The second-order valence-corrected chi connectivity index (χ2v) is 12.9. The van der Waals surface area contributed by atoms with Crippen LogP contribution in [0.1, 0.15) is 49.8 Å². The van der Waals surface area contributed by atoms with Crippen LogP contribution in [0.5, 0.6) is 0 Å². The number of ether oxygens (including phenoxy) is 2. The van der Waals surface area contributed by atoms with Crippen LogP contribution in [-0.4, -0.2) is 94.0 Å². The van der Waals surface area contributed by atoms with Crippen LogP contribution in [0.2, 0.25) is 0 Å². The number of hydrogen-bond acceptors (Lipinski definition) is 7. The third-order valence-electron chi connectivity index (χ3n) is 10.0. The molecule has 10 nitrogen and oxygen atoms in total. The number of aliphatic hydroxyl groups excluding tert-OH is 1. The number of carbonyl (C=O) groups excluding carboxylic acids is 4. The van der Waals surface area contributed by atoms with Gasteiger partial charge in [-0.3, -0.25) is 19.2 Å². The number of likely N-dealkylation sites (tertiary alicyclic amines) is 1. The molecule has 6 rings (SSSR count). The van der Waals surface area contributed by atoms with Gasteiger partial charge >= 0.3 is 5.97 Å². The van der Waals surface area contributed by atoms with Gasteiger partial charge in [-0.15, -0.1) is 0 Å². The summed E-state index contributed by atoms with van der Waals surface area (Å²) >= 11 is 0. The Balaban J connectivity index is 1.42. The van der Waals surface area contributed by atoms with Crippen molar-refractivity contribution in [3.63, 3.8) is 0 Å². The molecule has 0 aliphatic carbocycles. The molecule has 2 aromatic rings. The average Bonchev–Trinajstić information content (AvgIpc) is 3.73. The quantitative estimate of drug-likeness (QED) is 0.280. The Bertz CT molecular complexity index is 1530. The van der Waals surface area contributed by atoms with Gasteiger partial charge in [-0.25, -0.2) is 0 Å². The number of cyclic esters (lactones) is 1. The highest BCUT2D eigenvalue weighted by molar-refractivity contribution is 5.99. The molecule has 0 aromatic heterocycles. The van der Waals surface area contributed by atoms with E-state index in [1.165, 1.54) is 0 Å². The van der Waals surface area contributed by atoms with Gasteiger partial charge < -0.3 is 29.3 Å². The fourth-order valence-corrected chi connectivity index (χ4v) is 7.48. The first kappa shape index (κ1) is 32.7. The second kappa shape index (κ2) is 13.8. The van der Waals surface area contributed by atoms with E-state index < -0.39 is 47.7 Å². The molecule has 248 valence electrons. The minimum atomic E-state index is -1.34. The Morgan fingerprint density at radius 1 is 0.936 bits per heavy atom. The van der Waals surface area contributed by atoms with Crippen molar-refractivity contribution >= 4 is 23.7 Å². The van der Waals surface area contributed by atoms with Crippen molar-refractivity contribution in [1.29, 1.82) is 0 Å². The van der Waals surface area contributed by atoms with Gasteiger partial charge in [0.05, 0.1) is 18.1 Å². The van der Waals surface area contributed by atoms with Gasteiger partial charge in [0, 0.05) is 39.7 Å². The summed E-state index contributed by atoms with van der Waals surface area (Å²) in [7, 11) is 1.71. The van der Waals surface area contributed by atoms with Crippen molar-refractivity contribution in [3.05, 3.63) is 96.1 Å². The summed E-state index contributed by atoms with van der Waals surface area (Å²) in [6, 6.07) is 17.4. The van der Waals surface area contributed by atoms with Crippen molar-refractivity contribution in [1.82, 2.24) is 14.7 Å². The fraction of sp³-hybridized carbons (Fsp3) is 0.459. The van der Waals surface area contributed by atoms with E-state index in [4.69, 9.17) is 9.47 Å². The maximum absolute atomic E-state index is 14.7. The third kappa shape index (κ3) is 6.12. The highest BCUT2D eigenvalue weighted by Crippen LogP contribution is 2.56. The van der Waals surface area contributed by atoms with E-state index in [1.807, 2.05) is 79.7 Å². The zero-order valence-corrected chi connectivity index (χ0v) is 26.9. The number of nitrogens with zero attached hydrogens (tertiary/aromatic N) is 3. The third-order valence-corrected chi connectivity index (χ3v) is 10.0. The molecule has 47 heavy (non-hydrogen) atoms. The van der Waals surface area contributed by atoms with E-state index in [1.54, 1.807) is 33.9 Å². The highest BCUT2D eigenvalue weighted by atomic mass is 16.6. The molecule has 0 saturated carbocycles. The van der Waals surface area contributed by atoms with Gasteiger partial charge in [0.1, 0.15) is 23.7 Å². The number of amides is 3. The molecule has 0 unspecified atom stereocenters. The summed E-state index contributed by atoms with van der Waals surface area (Å²) < 4.78 is 12.8. The standard InChI is InChI=1S/C37H43N3O7/c1-25-32(27-16-8-4-9-17-27)46-36(45)30-28-19-20-37(47-28)31(30)34(43)40(22-12-13-23-41)33(37)35(44)39(24-26-14-6-3-7-15-26)21-11-5-10-18-29(42)38(25)2/h3-9,11,14-17,19-20,25,28,30-33,41H,10,12-13,18,21-24H2,1-2H3/b11-5-/t25-,28+,30-,31-,32+,33+,37-/m1/s1. The zero-order valence-electron chi connectivity index (χ0n) is 26.9. The van der Waals surface area contributed by atoms with Gasteiger partial charge in [0.2, 0.25) is 17.7 Å². The molecule has 1 spiro atoms. The largest absolute Gasteiger partial charge is 0.455 e. The molecule has 2 fully saturated rings. The summed E-state index contributed by atoms with van der Waals surface area (Å²) in [4.78, 5) is 61.6. The molecule has 3 amide bonds. The van der Waals surface area contributed by atoms with Gasteiger partial charge in [-0.1, -0.05) is 85.0 Å². The van der Waals surface area contributed by atoms with E-state index in [-0.39, 0.29) is 43.8 Å². The predicted molar refractivity (Wildman–Crippen MR) is 173 cm³/mol. The number of likely N-dealkylation sites (N-methyl/N-ethyl adjacent to an activating group) is 1. The molecule has 5 bridgehead atoms. The summed E-state index contributed by atoms with van der Waals surface area (Å²) in [6.07, 6.45) is 7.52. The first-order valence-corrected chi connectivity index (χ1v) is 16.5. The Morgan fingerprint density at radius 2 is 1.66 bits per heavy atom. The Labute approximate surface area is 275 Å². The molecular formula is C37H43N3O7. The molecule has 4 aliphatic heterocycles. The van der Waals surface area contributed by atoms with Crippen LogP contribution < -0.4 is 0 Å². The molecule has 1 N–H and O–H groups in total. The monoisotopic (exact) mass is 641 g/mol. The van der Waals surface area contributed by atoms with Crippen LogP contribution in [0.15, 0.2) is 85.0 Å². The lowest BCUT2D eigenvalue weighted by molar-refractivity contribution is -0.164. The normalized spacial score (nSPS) is 31.8. The maximum Gasteiger partial charge on any atom is 0.313 e. The van der Waals surface area contributed by atoms with Gasteiger partial charge in [0.15, 0.2) is 0 Å². The maximum atomic E-state index is 14.7. The lowest BCUT2D eigenvalue weighted by Crippen LogP contribution is -2.55. The van der Waals surface area contributed by atoms with Crippen molar-refractivity contribution in [3.8, 4) is 0 Å². The minimum absolute atomic E-state index is 0.0381. The van der Waals surface area contributed by atoms with Crippen molar-refractivity contribution in [2.45, 2.75) is 69.0 Å². The smallest absolute Gasteiger partial charge is 0.313 e. The number of benzene rings is 2. The van der Waals surface area contributed by atoms with Crippen molar-refractivity contribution in [2.24, 2.45) is 11.8 Å². The van der Waals surface area contributed by atoms with E-state index in [0.717, 1.165) is 11.1 Å². The van der Waals surface area contributed by atoms with Crippen LogP contribution in [0.3, 0.4) is 0 Å². The minimum Gasteiger partial charge on any atom is -0.455 e. The van der Waals surface area contributed by atoms with E-state index in [2.05, 4.69) is 0 Å². The molecule has 4 aliphatic rings. The Morgan fingerprint density at radius 3 is 2.38 bits per heavy atom. The number of esters is 1. The SMILES string of the molecule is C[C@@H]1[C@@H](c2ccccc2)OC(=O)[C@@H]2[C@@H]3C=C[C@]4(O3)[C@H](C(=O)N(Cc3ccccc3)C/C=C\CCC(=O)N1C)N(CCCCO)C(=O)[C@@H]24. The van der Waals surface area contributed by atoms with Crippen LogP contribution in [0, 0.1) is 11.8 Å². The zero-order chi connectivity index (χ0) is 33.1. The van der Waals surface area contributed by atoms with Crippen LogP contribution in [0.25, 0.3) is 0 Å². The first-order valence-electron chi connectivity index (χ1n) is 16.5. The molecule has 0 radical (unpaired) electrons. The summed E-state index contributed by atoms with van der Waals surface area (Å²) in [5.41, 5.74) is 0.319.